The predicted molar refractivity (Wildman–Crippen MR) is 92.2 cm³/mol. The molecule has 0 aliphatic rings. The molecule has 9 heteroatoms. The van der Waals surface area contributed by atoms with Gasteiger partial charge in [-0.3, -0.25) is 4.79 Å². The fourth-order valence-electron chi connectivity index (χ4n) is 2.42. The first kappa shape index (κ1) is 21.1. The third kappa shape index (κ3) is 4.54. The van der Waals surface area contributed by atoms with Gasteiger partial charge in [-0.15, -0.1) is 0 Å². The summed E-state index contributed by atoms with van der Waals surface area (Å²) in [6, 6.07) is 6.67. The van der Waals surface area contributed by atoms with Crippen molar-refractivity contribution in [1.82, 2.24) is 0 Å². The number of hydrogen-bond donors (Lipinski definition) is 0. The van der Waals surface area contributed by atoms with Crippen LogP contribution in [0.2, 0.25) is 0 Å². The Morgan fingerprint density at radius 2 is 1.61 bits per heavy atom. The lowest BCUT2D eigenvalue weighted by Crippen LogP contribution is -2.16. The normalized spacial score (nSPS) is 10.9. The molecule has 2 aromatic carbocycles. The van der Waals surface area contributed by atoms with Gasteiger partial charge in [0.25, 0.3) is 0 Å². The summed E-state index contributed by atoms with van der Waals surface area (Å²) < 4.78 is 58.6. The van der Waals surface area contributed by atoms with E-state index in [1.807, 2.05) is 0 Å². The van der Waals surface area contributed by atoms with Crippen molar-refractivity contribution in [2.45, 2.75) is 6.18 Å². The summed E-state index contributed by atoms with van der Waals surface area (Å²) in [4.78, 5) is 24.4. The van der Waals surface area contributed by atoms with Gasteiger partial charge in [0.2, 0.25) is 5.75 Å². The summed E-state index contributed by atoms with van der Waals surface area (Å²) in [6.45, 7) is -0.738. The van der Waals surface area contributed by atoms with Crippen LogP contribution < -0.4 is 14.2 Å². The lowest BCUT2D eigenvalue weighted by Gasteiger charge is -2.15. The number of carbonyl (C=O) groups is 2. The maximum atomic E-state index is 12.8. The van der Waals surface area contributed by atoms with Crippen LogP contribution in [0.4, 0.5) is 13.2 Å². The van der Waals surface area contributed by atoms with Gasteiger partial charge in [0.1, 0.15) is 5.56 Å². The zero-order chi connectivity index (χ0) is 20.9. The summed E-state index contributed by atoms with van der Waals surface area (Å²) in [7, 11) is 4.07. The van der Waals surface area contributed by atoms with Gasteiger partial charge < -0.3 is 18.9 Å². The van der Waals surface area contributed by atoms with Crippen molar-refractivity contribution in [3.05, 3.63) is 53.1 Å². The van der Waals surface area contributed by atoms with Gasteiger partial charge in [-0.2, -0.15) is 13.2 Å². The molecule has 0 spiro atoms. The molecule has 0 unspecified atom stereocenters. The Kier molecular flexibility index (Phi) is 6.50. The van der Waals surface area contributed by atoms with Crippen LogP contribution in [0.1, 0.15) is 26.3 Å². The average Bonchev–Trinajstić information content (AvgIpc) is 2.69. The van der Waals surface area contributed by atoms with Crippen LogP contribution in [0.25, 0.3) is 0 Å². The highest BCUT2D eigenvalue weighted by Gasteiger charge is 2.31. The standard InChI is InChI=1S/C19H17F3O6/c1-25-15-8-7-13(16(26-2)17(15)27-3)18(24)28-10-14(23)11-5-4-6-12(9-11)19(20,21)22/h4-9H,10H2,1-3H3. The number of ether oxygens (including phenoxy) is 4. The quantitative estimate of drug-likeness (QED) is 0.522. The van der Waals surface area contributed by atoms with E-state index < -0.39 is 30.1 Å². The SMILES string of the molecule is COc1ccc(C(=O)OCC(=O)c2cccc(C(F)(F)F)c2)c(OC)c1OC. The van der Waals surface area contributed by atoms with E-state index in [9.17, 15) is 22.8 Å². The molecule has 0 aliphatic heterocycles. The number of methoxy groups -OCH3 is 3. The van der Waals surface area contributed by atoms with Crippen molar-refractivity contribution in [1.29, 1.82) is 0 Å². The van der Waals surface area contributed by atoms with Crippen LogP contribution in [-0.2, 0) is 10.9 Å². The number of rotatable bonds is 7. The molecule has 0 radical (unpaired) electrons. The first-order valence-electron chi connectivity index (χ1n) is 7.89. The molecule has 0 aliphatic carbocycles. The van der Waals surface area contributed by atoms with Crippen molar-refractivity contribution in [3.8, 4) is 17.2 Å². The Morgan fingerprint density at radius 1 is 0.929 bits per heavy atom. The fraction of sp³-hybridized carbons (Fsp3) is 0.263. The van der Waals surface area contributed by atoms with Gasteiger partial charge in [0.15, 0.2) is 23.9 Å². The first-order chi connectivity index (χ1) is 13.2. The first-order valence-corrected chi connectivity index (χ1v) is 7.89. The van der Waals surface area contributed by atoms with Gasteiger partial charge in [0, 0.05) is 5.56 Å². The Balaban J connectivity index is 2.17. The van der Waals surface area contributed by atoms with Crippen LogP contribution in [-0.4, -0.2) is 39.7 Å². The zero-order valence-corrected chi connectivity index (χ0v) is 15.3. The summed E-state index contributed by atoms with van der Waals surface area (Å²) in [5.41, 5.74) is -1.22. The molecule has 2 aromatic rings. The van der Waals surface area contributed by atoms with Gasteiger partial charge >= 0.3 is 12.1 Å². The number of ketones is 1. The van der Waals surface area contributed by atoms with E-state index >= 15 is 0 Å². The number of hydrogen-bond acceptors (Lipinski definition) is 6. The number of benzene rings is 2. The molecule has 2 rings (SSSR count). The van der Waals surface area contributed by atoms with Crippen LogP contribution in [0, 0.1) is 0 Å². The lowest BCUT2D eigenvalue weighted by molar-refractivity contribution is -0.137. The van der Waals surface area contributed by atoms with Crippen molar-refractivity contribution >= 4 is 11.8 Å². The smallest absolute Gasteiger partial charge is 0.416 e. The molecule has 0 aromatic heterocycles. The van der Waals surface area contributed by atoms with Crippen LogP contribution in [0.5, 0.6) is 17.2 Å². The summed E-state index contributed by atoms with van der Waals surface area (Å²) in [6.07, 6.45) is -4.58. The molecule has 0 amide bonds. The monoisotopic (exact) mass is 398 g/mol. The minimum absolute atomic E-state index is 0.0306. The highest BCUT2D eigenvalue weighted by molar-refractivity contribution is 6.00. The van der Waals surface area contributed by atoms with Gasteiger partial charge in [-0.1, -0.05) is 12.1 Å². The van der Waals surface area contributed by atoms with E-state index in [0.29, 0.717) is 11.8 Å². The van der Waals surface area contributed by atoms with Crippen LogP contribution >= 0.6 is 0 Å². The Hall–Kier alpha value is -3.23. The largest absolute Gasteiger partial charge is 0.493 e. The minimum Gasteiger partial charge on any atom is -0.493 e. The van der Waals surface area contributed by atoms with Crippen LogP contribution in [0.15, 0.2) is 36.4 Å². The Morgan fingerprint density at radius 3 is 2.18 bits per heavy atom. The van der Waals surface area contributed by atoms with E-state index in [1.165, 1.54) is 39.5 Å². The number of Topliss-reactive ketones (excluding diaryl/α,β-unsaturated/α-hetero) is 1. The van der Waals surface area contributed by atoms with E-state index in [1.54, 1.807) is 0 Å². The minimum atomic E-state index is -4.58. The van der Waals surface area contributed by atoms with E-state index in [0.717, 1.165) is 12.1 Å². The third-order valence-electron chi connectivity index (χ3n) is 3.77. The van der Waals surface area contributed by atoms with Gasteiger partial charge in [0.05, 0.1) is 26.9 Å². The van der Waals surface area contributed by atoms with Crippen LogP contribution in [0.3, 0.4) is 0 Å². The summed E-state index contributed by atoms with van der Waals surface area (Å²) in [5.74, 6) is -1.17. The molecule has 0 saturated carbocycles. The highest BCUT2D eigenvalue weighted by Crippen LogP contribution is 2.40. The van der Waals surface area contributed by atoms with Gasteiger partial charge in [-0.25, -0.2) is 4.79 Å². The second-order valence-electron chi connectivity index (χ2n) is 5.46. The maximum absolute atomic E-state index is 12.8. The fourth-order valence-corrected chi connectivity index (χ4v) is 2.42. The number of alkyl halides is 3. The summed E-state index contributed by atoms with van der Waals surface area (Å²) in [5, 5.41) is 0. The second-order valence-corrected chi connectivity index (χ2v) is 5.46. The zero-order valence-electron chi connectivity index (χ0n) is 15.3. The molecular formula is C19H17F3O6. The average molecular weight is 398 g/mol. The van der Waals surface area contributed by atoms with Crippen molar-refractivity contribution in [2.24, 2.45) is 0 Å². The molecule has 28 heavy (non-hydrogen) atoms. The number of halogens is 3. The molecular weight excluding hydrogens is 381 g/mol. The van der Waals surface area contributed by atoms with E-state index in [2.05, 4.69) is 0 Å². The van der Waals surface area contributed by atoms with E-state index in [-0.39, 0.29) is 22.6 Å². The maximum Gasteiger partial charge on any atom is 0.416 e. The molecule has 150 valence electrons. The van der Waals surface area contributed by atoms with Crippen molar-refractivity contribution in [2.75, 3.05) is 27.9 Å². The highest BCUT2D eigenvalue weighted by atomic mass is 19.4. The van der Waals surface area contributed by atoms with Crippen molar-refractivity contribution < 1.29 is 41.7 Å². The van der Waals surface area contributed by atoms with Gasteiger partial charge in [-0.05, 0) is 24.3 Å². The number of carbonyl (C=O) groups excluding carboxylic acids is 2. The number of esters is 1. The molecule has 0 fully saturated rings. The Bertz CT molecular complexity index is 876. The Labute approximate surface area is 158 Å². The predicted octanol–water partition coefficient (Wildman–Crippen LogP) is 3.77. The van der Waals surface area contributed by atoms with E-state index in [4.69, 9.17) is 18.9 Å². The topological polar surface area (TPSA) is 71.1 Å². The summed E-state index contributed by atoms with van der Waals surface area (Å²) >= 11 is 0. The molecule has 0 atom stereocenters. The molecule has 0 bridgehead atoms. The third-order valence-corrected chi connectivity index (χ3v) is 3.77. The molecule has 6 nitrogen and oxygen atoms in total. The van der Waals surface area contributed by atoms with Crippen molar-refractivity contribution in [3.63, 3.8) is 0 Å². The second kappa shape index (κ2) is 8.64. The lowest BCUT2D eigenvalue weighted by atomic mass is 10.1. The molecule has 0 saturated heterocycles. The molecule has 0 heterocycles. The molecule has 0 N–H and O–H groups in total.